The maximum Gasteiger partial charge on any atom is 0.312 e. The van der Waals surface area contributed by atoms with Crippen molar-refractivity contribution >= 4 is 11.8 Å². The molecule has 3 rings (SSSR count). The third kappa shape index (κ3) is 4.13. The van der Waals surface area contributed by atoms with Gasteiger partial charge in [0.2, 0.25) is 0 Å². The number of nitrogens with zero attached hydrogens (tertiary/aromatic N) is 4. The van der Waals surface area contributed by atoms with Crippen LogP contribution in [0.3, 0.4) is 0 Å². The molecule has 0 spiro atoms. The van der Waals surface area contributed by atoms with Crippen LogP contribution in [-0.2, 0) is 16.1 Å². The van der Waals surface area contributed by atoms with E-state index in [2.05, 4.69) is 21.9 Å². The normalized spacial score (nSPS) is 20.2. The van der Waals surface area contributed by atoms with E-state index in [-0.39, 0.29) is 11.8 Å². The summed E-state index contributed by atoms with van der Waals surface area (Å²) in [5.74, 6) is -0.668. The van der Waals surface area contributed by atoms with Gasteiger partial charge in [-0.2, -0.15) is 0 Å². The summed E-state index contributed by atoms with van der Waals surface area (Å²) in [6.07, 6.45) is 0. The van der Waals surface area contributed by atoms with Gasteiger partial charge in [0, 0.05) is 58.9 Å². The maximum atomic E-state index is 12.4. The second kappa shape index (κ2) is 7.77. The minimum Gasteiger partial charge on any atom is -0.332 e. The lowest BCUT2D eigenvalue weighted by Gasteiger charge is -2.37. The second-order valence-electron chi connectivity index (χ2n) is 6.65. The molecule has 0 bridgehead atoms. The Labute approximate surface area is 143 Å². The first-order valence-electron chi connectivity index (χ1n) is 8.66. The van der Waals surface area contributed by atoms with E-state index in [0.29, 0.717) is 26.2 Å². The molecule has 1 aromatic rings. The van der Waals surface area contributed by atoms with Gasteiger partial charge in [-0.3, -0.25) is 14.5 Å². The molecule has 130 valence electrons. The number of piperazine rings is 2. The standard InChI is InChI=1S/C18H26N4O2/c1-19-7-11-21(12-8-19)17(23)18(24)22-13-9-20(10-14-22)15-16-5-3-2-4-6-16/h2-6H,7-15H2,1H3. The Balaban J connectivity index is 1.47. The number of likely N-dealkylation sites (N-methyl/N-ethyl adjacent to an activating group) is 1. The van der Waals surface area contributed by atoms with Gasteiger partial charge in [-0.05, 0) is 12.6 Å². The predicted molar refractivity (Wildman–Crippen MR) is 92.4 cm³/mol. The average Bonchev–Trinajstić information content (AvgIpc) is 2.63. The van der Waals surface area contributed by atoms with Gasteiger partial charge in [-0.1, -0.05) is 30.3 Å². The molecule has 0 N–H and O–H groups in total. The number of benzene rings is 1. The topological polar surface area (TPSA) is 47.1 Å². The van der Waals surface area contributed by atoms with Crippen molar-refractivity contribution in [2.75, 3.05) is 59.4 Å². The monoisotopic (exact) mass is 330 g/mol. The van der Waals surface area contributed by atoms with Crippen LogP contribution < -0.4 is 0 Å². The number of carbonyl (C=O) groups is 2. The maximum absolute atomic E-state index is 12.4. The largest absolute Gasteiger partial charge is 0.332 e. The first kappa shape index (κ1) is 16.9. The van der Waals surface area contributed by atoms with E-state index in [4.69, 9.17) is 0 Å². The van der Waals surface area contributed by atoms with E-state index in [1.807, 2.05) is 25.2 Å². The van der Waals surface area contributed by atoms with Gasteiger partial charge in [0.25, 0.3) is 0 Å². The number of carbonyl (C=O) groups excluding carboxylic acids is 2. The smallest absolute Gasteiger partial charge is 0.312 e. The lowest BCUT2D eigenvalue weighted by molar-refractivity contribution is -0.153. The lowest BCUT2D eigenvalue weighted by Crippen LogP contribution is -2.55. The van der Waals surface area contributed by atoms with Crippen molar-refractivity contribution in [2.24, 2.45) is 0 Å². The fourth-order valence-electron chi connectivity index (χ4n) is 3.23. The number of hydrogen-bond donors (Lipinski definition) is 0. The fourth-order valence-corrected chi connectivity index (χ4v) is 3.23. The molecule has 6 heteroatoms. The highest BCUT2D eigenvalue weighted by Gasteiger charge is 2.30. The van der Waals surface area contributed by atoms with Crippen molar-refractivity contribution in [3.8, 4) is 0 Å². The van der Waals surface area contributed by atoms with Crippen molar-refractivity contribution in [1.82, 2.24) is 19.6 Å². The molecule has 24 heavy (non-hydrogen) atoms. The second-order valence-corrected chi connectivity index (χ2v) is 6.65. The van der Waals surface area contributed by atoms with Crippen molar-refractivity contribution in [1.29, 1.82) is 0 Å². The minimum absolute atomic E-state index is 0.334. The summed E-state index contributed by atoms with van der Waals surface area (Å²) < 4.78 is 0. The summed E-state index contributed by atoms with van der Waals surface area (Å²) >= 11 is 0. The van der Waals surface area contributed by atoms with Gasteiger partial charge in [-0.25, -0.2) is 0 Å². The molecule has 0 aromatic heterocycles. The van der Waals surface area contributed by atoms with Crippen LogP contribution >= 0.6 is 0 Å². The van der Waals surface area contributed by atoms with Gasteiger partial charge >= 0.3 is 11.8 Å². The fraction of sp³-hybridized carbons (Fsp3) is 0.556. The summed E-state index contributed by atoms with van der Waals surface area (Å²) in [5.41, 5.74) is 1.28. The van der Waals surface area contributed by atoms with Gasteiger partial charge in [0.15, 0.2) is 0 Å². The Bertz CT molecular complexity index is 562. The molecule has 0 saturated carbocycles. The third-order valence-corrected chi connectivity index (χ3v) is 4.88. The minimum atomic E-state index is -0.334. The van der Waals surface area contributed by atoms with Crippen molar-refractivity contribution in [3.05, 3.63) is 35.9 Å². The zero-order valence-electron chi connectivity index (χ0n) is 14.4. The summed E-state index contributed by atoms with van der Waals surface area (Å²) in [7, 11) is 2.04. The summed E-state index contributed by atoms with van der Waals surface area (Å²) in [6.45, 7) is 6.76. The molecular formula is C18H26N4O2. The molecule has 2 aliphatic heterocycles. The molecule has 2 heterocycles. The van der Waals surface area contributed by atoms with Crippen molar-refractivity contribution in [3.63, 3.8) is 0 Å². The number of rotatable bonds is 2. The Hall–Kier alpha value is -1.92. The first-order valence-corrected chi connectivity index (χ1v) is 8.66. The van der Waals surface area contributed by atoms with E-state index in [9.17, 15) is 9.59 Å². The highest BCUT2D eigenvalue weighted by atomic mass is 16.2. The van der Waals surface area contributed by atoms with Crippen molar-refractivity contribution in [2.45, 2.75) is 6.54 Å². The molecule has 6 nitrogen and oxygen atoms in total. The first-order chi connectivity index (χ1) is 11.6. The number of hydrogen-bond acceptors (Lipinski definition) is 4. The van der Waals surface area contributed by atoms with Gasteiger partial charge in [-0.15, -0.1) is 0 Å². The molecule has 2 fully saturated rings. The molecule has 0 atom stereocenters. The lowest BCUT2D eigenvalue weighted by atomic mass is 10.2. The molecule has 0 radical (unpaired) electrons. The Kier molecular flexibility index (Phi) is 5.48. The zero-order valence-corrected chi connectivity index (χ0v) is 14.4. The Morgan fingerprint density at radius 1 is 0.792 bits per heavy atom. The van der Waals surface area contributed by atoms with Crippen LogP contribution in [0, 0.1) is 0 Å². The zero-order chi connectivity index (χ0) is 16.9. The van der Waals surface area contributed by atoms with Crippen LogP contribution in [0.15, 0.2) is 30.3 Å². The van der Waals surface area contributed by atoms with Crippen LogP contribution in [0.25, 0.3) is 0 Å². The van der Waals surface area contributed by atoms with Crippen molar-refractivity contribution < 1.29 is 9.59 Å². The molecule has 0 aliphatic carbocycles. The van der Waals surface area contributed by atoms with E-state index in [1.54, 1.807) is 9.80 Å². The SMILES string of the molecule is CN1CCN(C(=O)C(=O)N2CCN(Cc3ccccc3)CC2)CC1. The van der Waals surface area contributed by atoms with E-state index < -0.39 is 0 Å². The van der Waals surface area contributed by atoms with Crippen LogP contribution in [0.1, 0.15) is 5.56 Å². The van der Waals surface area contributed by atoms with Gasteiger partial charge < -0.3 is 14.7 Å². The quantitative estimate of drug-likeness (QED) is 0.722. The average molecular weight is 330 g/mol. The van der Waals surface area contributed by atoms with Crippen LogP contribution in [0.5, 0.6) is 0 Å². The Morgan fingerprint density at radius 2 is 1.29 bits per heavy atom. The third-order valence-electron chi connectivity index (χ3n) is 4.88. The Morgan fingerprint density at radius 3 is 1.83 bits per heavy atom. The predicted octanol–water partition coefficient (Wildman–Crippen LogP) is 0.105. The molecule has 2 saturated heterocycles. The molecule has 1 aromatic carbocycles. The van der Waals surface area contributed by atoms with Gasteiger partial charge in [0.05, 0.1) is 0 Å². The van der Waals surface area contributed by atoms with Crippen LogP contribution in [0.2, 0.25) is 0 Å². The molecule has 2 amide bonds. The summed E-state index contributed by atoms with van der Waals surface area (Å²) in [4.78, 5) is 32.7. The molecule has 2 aliphatic rings. The van der Waals surface area contributed by atoms with E-state index >= 15 is 0 Å². The molecular weight excluding hydrogens is 304 g/mol. The highest BCUT2D eigenvalue weighted by Crippen LogP contribution is 2.10. The summed E-state index contributed by atoms with van der Waals surface area (Å²) in [5, 5.41) is 0. The van der Waals surface area contributed by atoms with Crippen LogP contribution in [0.4, 0.5) is 0 Å². The van der Waals surface area contributed by atoms with Gasteiger partial charge in [0.1, 0.15) is 0 Å². The molecule has 0 unspecified atom stereocenters. The van der Waals surface area contributed by atoms with E-state index in [1.165, 1.54) is 5.56 Å². The van der Waals surface area contributed by atoms with E-state index in [0.717, 1.165) is 32.7 Å². The summed E-state index contributed by atoms with van der Waals surface area (Å²) in [6, 6.07) is 10.3. The highest BCUT2D eigenvalue weighted by molar-refractivity contribution is 6.34. The van der Waals surface area contributed by atoms with Crippen LogP contribution in [-0.4, -0.2) is 90.8 Å². The number of amides is 2.